The van der Waals surface area contributed by atoms with Crippen molar-refractivity contribution in [2.75, 3.05) is 5.01 Å². The Labute approximate surface area is 197 Å². The minimum Gasteiger partial charge on any atom is -0.507 e. The summed E-state index contributed by atoms with van der Waals surface area (Å²) in [5.74, 6) is 0.244. The van der Waals surface area contributed by atoms with Crippen molar-refractivity contribution < 1.29 is 5.11 Å². The first-order chi connectivity index (χ1) is 16.3. The van der Waals surface area contributed by atoms with Gasteiger partial charge in [0, 0.05) is 17.4 Å². The van der Waals surface area contributed by atoms with Crippen LogP contribution in [0.2, 0.25) is 0 Å². The molecule has 0 bridgehead atoms. The minimum absolute atomic E-state index is 0.0978. The van der Waals surface area contributed by atoms with Gasteiger partial charge in [-0.2, -0.15) is 5.10 Å². The summed E-state index contributed by atoms with van der Waals surface area (Å²) >= 11 is 1.57. The van der Waals surface area contributed by atoms with Gasteiger partial charge in [0.15, 0.2) is 0 Å². The first-order valence-corrected chi connectivity index (χ1v) is 12.4. The SMILES string of the molecule is Oc1ccccc1-c1csc(N2N=C(c3ccc4c(c3)CCCC4)CC2c2ccccc2)n1. The quantitative estimate of drug-likeness (QED) is 0.373. The zero-order valence-corrected chi connectivity index (χ0v) is 19.1. The third kappa shape index (κ3) is 3.83. The molecule has 4 nitrogen and oxygen atoms in total. The predicted octanol–water partition coefficient (Wildman–Crippen LogP) is 6.75. The second-order valence-electron chi connectivity index (χ2n) is 8.74. The fourth-order valence-corrected chi connectivity index (χ4v) is 5.72. The molecule has 1 aliphatic heterocycles. The van der Waals surface area contributed by atoms with Gasteiger partial charge >= 0.3 is 0 Å². The number of phenols is 1. The largest absolute Gasteiger partial charge is 0.507 e. The molecule has 0 amide bonds. The van der Waals surface area contributed by atoms with E-state index in [0.717, 1.165) is 28.5 Å². The molecule has 5 heteroatoms. The van der Waals surface area contributed by atoms with Crippen molar-refractivity contribution in [3.05, 3.63) is 100 Å². The maximum atomic E-state index is 10.3. The number of aryl methyl sites for hydroxylation is 2. The van der Waals surface area contributed by atoms with Gasteiger partial charge in [0.1, 0.15) is 5.75 Å². The summed E-state index contributed by atoms with van der Waals surface area (Å²) in [6, 6.07) is 24.9. The van der Waals surface area contributed by atoms with E-state index >= 15 is 0 Å². The molecule has 4 aromatic rings. The molecule has 0 saturated heterocycles. The van der Waals surface area contributed by atoms with Crippen molar-refractivity contribution in [3.8, 4) is 17.0 Å². The van der Waals surface area contributed by atoms with Crippen molar-refractivity contribution in [3.63, 3.8) is 0 Å². The summed E-state index contributed by atoms with van der Waals surface area (Å²) in [5.41, 5.74) is 8.05. The number of nitrogens with zero attached hydrogens (tertiary/aromatic N) is 3. The number of aromatic hydroxyl groups is 1. The molecule has 0 fully saturated rings. The number of para-hydroxylation sites is 1. The van der Waals surface area contributed by atoms with E-state index in [2.05, 4.69) is 47.5 Å². The van der Waals surface area contributed by atoms with Gasteiger partial charge in [-0.25, -0.2) is 9.99 Å². The Morgan fingerprint density at radius 1 is 0.879 bits per heavy atom. The molecule has 0 spiro atoms. The van der Waals surface area contributed by atoms with Crippen molar-refractivity contribution in [1.82, 2.24) is 4.98 Å². The second-order valence-corrected chi connectivity index (χ2v) is 9.58. The number of aromatic nitrogens is 1. The highest BCUT2D eigenvalue weighted by atomic mass is 32.1. The highest BCUT2D eigenvalue weighted by molar-refractivity contribution is 7.14. The van der Waals surface area contributed by atoms with Crippen LogP contribution in [0.4, 0.5) is 5.13 Å². The van der Waals surface area contributed by atoms with Gasteiger partial charge in [0.05, 0.1) is 17.4 Å². The molecule has 1 N–H and O–H groups in total. The Hall–Kier alpha value is -3.44. The van der Waals surface area contributed by atoms with E-state index in [9.17, 15) is 5.11 Å². The number of benzene rings is 3. The predicted molar refractivity (Wildman–Crippen MR) is 135 cm³/mol. The highest BCUT2D eigenvalue weighted by Gasteiger charge is 2.32. The number of hydrazone groups is 1. The van der Waals surface area contributed by atoms with Crippen molar-refractivity contribution in [2.24, 2.45) is 5.10 Å². The van der Waals surface area contributed by atoms with Crippen LogP contribution in [0.15, 0.2) is 83.3 Å². The first kappa shape index (κ1) is 20.2. The molecule has 6 rings (SSSR count). The van der Waals surface area contributed by atoms with Crippen LogP contribution in [0.3, 0.4) is 0 Å². The number of thiazole rings is 1. The van der Waals surface area contributed by atoms with E-state index in [1.54, 1.807) is 17.4 Å². The summed E-state index contributed by atoms with van der Waals surface area (Å²) in [5, 5.41) is 20.3. The first-order valence-electron chi connectivity index (χ1n) is 11.5. The Bertz CT molecular complexity index is 1330. The normalized spacial score (nSPS) is 17.6. The summed E-state index contributed by atoms with van der Waals surface area (Å²) in [7, 11) is 0. The van der Waals surface area contributed by atoms with Gasteiger partial charge < -0.3 is 5.11 Å². The molecule has 164 valence electrons. The van der Waals surface area contributed by atoms with E-state index in [1.807, 2.05) is 29.6 Å². The fraction of sp³-hybridized carbons (Fsp3) is 0.214. The lowest BCUT2D eigenvalue weighted by atomic mass is 9.89. The van der Waals surface area contributed by atoms with E-state index in [0.29, 0.717) is 0 Å². The van der Waals surface area contributed by atoms with Gasteiger partial charge in [-0.1, -0.05) is 54.6 Å². The van der Waals surface area contributed by atoms with Gasteiger partial charge in [0.25, 0.3) is 0 Å². The molecule has 0 radical (unpaired) electrons. The molecule has 2 aliphatic rings. The monoisotopic (exact) mass is 451 g/mol. The molecular weight excluding hydrogens is 426 g/mol. The van der Waals surface area contributed by atoms with E-state index in [4.69, 9.17) is 10.1 Å². The van der Waals surface area contributed by atoms with Crippen LogP contribution in [-0.4, -0.2) is 15.8 Å². The molecule has 1 unspecified atom stereocenters. The van der Waals surface area contributed by atoms with Crippen LogP contribution < -0.4 is 5.01 Å². The lowest BCUT2D eigenvalue weighted by Crippen LogP contribution is -2.18. The number of hydrogen-bond acceptors (Lipinski definition) is 5. The van der Waals surface area contributed by atoms with Crippen molar-refractivity contribution >= 4 is 22.2 Å². The second kappa shape index (κ2) is 8.49. The number of rotatable bonds is 4. The zero-order valence-electron chi connectivity index (χ0n) is 18.3. The minimum atomic E-state index is 0.0978. The van der Waals surface area contributed by atoms with Gasteiger partial charge in [0.2, 0.25) is 5.13 Å². The molecule has 0 saturated carbocycles. The van der Waals surface area contributed by atoms with Crippen LogP contribution in [0.25, 0.3) is 11.3 Å². The standard InChI is InChI=1S/C28H25N3OS/c32-27-13-7-6-12-23(27)25-18-33-28(29-25)31-26(20-9-2-1-3-10-20)17-24(30-31)22-15-14-19-8-4-5-11-21(19)16-22/h1-3,6-7,9-10,12-16,18,26,32H,4-5,8,11,17H2. The molecule has 1 atom stereocenters. The van der Waals surface area contributed by atoms with Crippen LogP contribution in [0.5, 0.6) is 5.75 Å². The van der Waals surface area contributed by atoms with E-state index < -0.39 is 0 Å². The van der Waals surface area contributed by atoms with Crippen LogP contribution in [0.1, 0.15) is 47.6 Å². The topological polar surface area (TPSA) is 48.7 Å². The van der Waals surface area contributed by atoms with Gasteiger partial charge in [-0.3, -0.25) is 0 Å². The average molecular weight is 452 g/mol. The molecular formula is C28H25N3OS. The smallest absolute Gasteiger partial charge is 0.207 e. The zero-order chi connectivity index (χ0) is 22.2. The van der Waals surface area contributed by atoms with Crippen LogP contribution in [-0.2, 0) is 12.8 Å². The maximum Gasteiger partial charge on any atom is 0.207 e. The van der Waals surface area contributed by atoms with Crippen LogP contribution in [0, 0.1) is 0 Å². The lowest BCUT2D eigenvalue weighted by molar-refractivity contribution is 0.477. The maximum absolute atomic E-state index is 10.3. The lowest BCUT2D eigenvalue weighted by Gasteiger charge is -2.21. The van der Waals surface area contributed by atoms with Gasteiger partial charge in [-0.05, 0) is 66.1 Å². The molecule has 1 aromatic heterocycles. The summed E-state index contributed by atoms with van der Waals surface area (Å²) in [6.45, 7) is 0. The fourth-order valence-electron chi connectivity index (χ4n) is 4.89. The summed E-state index contributed by atoms with van der Waals surface area (Å²) < 4.78 is 0. The number of fused-ring (bicyclic) bond motifs is 1. The third-order valence-corrected chi connectivity index (χ3v) is 7.47. The van der Waals surface area contributed by atoms with Gasteiger partial charge in [-0.15, -0.1) is 11.3 Å². The molecule has 33 heavy (non-hydrogen) atoms. The highest BCUT2D eigenvalue weighted by Crippen LogP contribution is 2.40. The number of phenolic OH excluding ortho intramolecular Hbond substituents is 1. The van der Waals surface area contributed by atoms with E-state index in [1.165, 1.54) is 47.9 Å². The number of anilines is 1. The average Bonchev–Trinajstić information content (AvgIpc) is 3.52. The Morgan fingerprint density at radius 2 is 1.67 bits per heavy atom. The van der Waals surface area contributed by atoms with Crippen LogP contribution >= 0.6 is 11.3 Å². The van der Waals surface area contributed by atoms with Crippen molar-refractivity contribution in [2.45, 2.75) is 38.1 Å². The Balaban J connectivity index is 1.39. The third-order valence-electron chi connectivity index (χ3n) is 6.64. The summed E-state index contributed by atoms with van der Waals surface area (Å²) in [4.78, 5) is 4.87. The molecule has 2 heterocycles. The summed E-state index contributed by atoms with van der Waals surface area (Å²) in [6.07, 6.45) is 5.76. The number of hydrogen-bond donors (Lipinski definition) is 1. The van der Waals surface area contributed by atoms with E-state index in [-0.39, 0.29) is 11.8 Å². The Morgan fingerprint density at radius 3 is 2.52 bits per heavy atom. The Kier molecular flexibility index (Phi) is 5.19. The molecule has 1 aliphatic carbocycles. The van der Waals surface area contributed by atoms with Crippen molar-refractivity contribution in [1.29, 1.82) is 0 Å². The molecule has 3 aromatic carbocycles.